The third-order valence-corrected chi connectivity index (χ3v) is 7.93. The van der Waals surface area contributed by atoms with Gasteiger partial charge in [0, 0.05) is 22.1 Å². The fourth-order valence-electron chi connectivity index (χ4n) is 5.88. The molecule has 0 aliphatic heterocycles. The zero-order valence-corrected chi connectivity index (χ0v) is 22.1. The molecule has 0 radical (unpaired) electrons. The highest BCUT2D eigenvalue weighted by atomic mass is 14.9. The summed E-state index contributed by atoms with van der Waals surface area (Å²) in [5, 5.41) is 0. The van der Waals surface area contributed by atoms with E-state index < -0.39 is 0 Å². The average molecular weight is 501 g/mol. The SMILES string of the molecule is CC1(C)c2ccccc2-c2c(-c3cc(-c4ccc(-c5ccccc5)cc4)nc(-c4ccccc4)n3)cccc21. The molecule has 0 atom stereocenters. The van der Waals surface area contributed by atoms with Crippen LogP contribution in [0.15, 0.2) is 133 Å². The summed E-state index contributed by atoms with van der Waals surface area (Å²) in [6.07, 6.45) is 0. The van der Waals surface area contributed by atoms with Gasteiger partial charge in [0.1, 0.15) is 0 Å². The van der Waals surface area contributed by atoms with Crippen molar-refractivity contribution in [1.82, 2.24) is 9.97 Å². The second-order valence-corrected chi connectivity index (χ2v) is 10.7. The van der Waals surface area contributed by atoms with Gasteiger partial charge in [0.05, 0.1) is 11.4 Å². The van der Waals surface area contributed by atoms with Gasteiger partial charge in [0.15, 0.2) is 5.82 Å². The normalized spacial score (nSPS) is 13.1. The molecule has 0 spiro atoms. The van der Waals surface area contributed by atoms with Crippen LogP contribution in [0.3, 0.4) is 0 Å². The van der Waals surface area contributed by atoms with Gasteiger partial charge in [-0.15, -0.1) is 0 Å². The van der Waals surface area contributed by atoms with Crippen molar-refractivity contribution in [2.75, 3.05) is 0 Å². The largest absolute Gasteiger partial charge is 0.228 e. The first-order valence-electron chi connectivity index (χ1n) is 13.4. The number of fused-ring (bicyclic) bond motifs is 3. The first kappa shape index (κ1) is 23.3. The summed E-state index contributed by atoms with van der Waals surface area (Å²) in [6, 6.07) is 47.0. The molecule has 1 heterocycles. The fourth-order valence-corrected chi connectivity index (χ4v) is 5.88. The second kappa shape index (κ2) is 9.18. The Balaban J connectivity index is 1.42. The second-order valence-electron chi connectivity index (χ2n) is 10.7. The van der Waals surface area contributed by atoms with Gasteiger partial charge >= 0.3 is 0 Å². The van der Waals surface area contributed by atoms with Gasteiger partial charge in [-0.3, -0.25) is 0 Å². The van der Waals surface area contributed by atoms with Gasteiger partial charge in [-0.05, 0) is 39.4 Å². The Morgan fingerprint density at radius 1 is 0.436 bits per heavy atom. The Morgan fingerprint density at radius 3 is 1.72 bits per heavy atom. The van der Waals surface area contributed by atoms with Crippen molar-refractivity contribution in [2.24, 2.45) is 0 Å². The van der Waals surface area contributed by atoms with E-state index >= 15 is 0 Å². The van der Waals surface area contributed by atoms with E-state index in [2.05, 4.69) is 123 Å². The molecule has 2 heteroatoms. The Morgan fingerprint density at radius 2 is 0.974 bits per heavy atom. The van der Waals surface area contributed by atoms with E-state index in [9.17, 15) is 0 Å². The van der Waals surface area contributed by atoms with Crippen LogP contribution in [0, 0.1) is 0 Å². The van der Waals surface area contributed by atoms with Crippen molar-refractivity contribution in [3.05, 3.63) is 145 Å². The number of benzene rings is 5. The molecule has 5 aromatic carbocycles. The van der Waals surface area contributed by atoms with Crippen LogP contribution in [0.1, 0.15) is 25.0 Å². The third-order valence-electron chi connectivity index (χ3n) is 7.93. The number of hydrogen-bond donors (Lipinski definition) is 0. The van der Waals surface area contributed by atoms with Gasteiger partial charge in [-0.2, -0.15) is 0 Å². The van der Waals surface area contributed by atoms with Crippen molar-refractivity contribution in [2.45, 2.75) is 19.3 Å². The van der Waals surface area contributed by atoms with Crippen LogP contribution in [0.2, 0.25) is 0 Å². The highest BCUT2D eigenvalue weighted by Crippen LogP contribution is 2.51. The van der Waals surface area contributed by atoms with E-state index in [-0.39, 0.29) is 5.41 Å². The zero-order valence-electron chi connectivity index (χ0n) is 22.1. The predicted octanol–water partition coefficient (Wildman–Crippen LogP) is 9.45. The van der Waals surface area contributed by atoms with Gasteiger partial charge in [-0.1, -0.05) is 141 Å². The van der Waals surface area contributed by atoms with E-state index in [4.69, 9.17) is 9.97 Å². The first-order chi connectivity index (χ1) is 19.1. The van der Waals surface area contributed by atoms with Crippen LogP contribution in [-0.2, 0) is 5.41 Å². The Kier molecular flexibility index (Phi) is 5.49. The monoisotopic (exact) mass is 500 g/mol. The number of rotatable bonds is 4. The molecular weight excluding hydrogens is 472 g/mol. The summed E-state index contributed by atoms with van der Waals surface area (Å²) in [5.41, 5.74) is 12.7. The van der Waals surface area contributed by atoms with Crippen LogP contribution in [-0.4, -0.2) is 9.97 Å². The first-order valence-corrected chi connectivity index (χ1v) is 13.4. The highest BCUT2D eigenvalue weighted by Gasteiger charge is 2.36. The van der Waals surface area contributed by atoms with E-state index in [1.54, 1.807) is 0 Å². The zero-order chi connectivity index (χ0) is 26.4. The maximum Gasteiger partial charge on any atom is 0.160 e. The van der Waals surface area contributed by atoms with Crippen LogP contribution < -0.4 is 0 Å². The minimum atomic E-state index is -0.0622. The fraction of sp³-hybridized carbons (Fsp3) is 0.0811. The summed E-state index contributed by atoms with van der Waals surface area (Å²) >= 11 is 0. The molecule has 6 aromatic rings. The minimum Gasteiger partial charge on any atom is -0.228 e. The molecule has 39 heavy (non-hydrogen) atoms. The molecule has 1 aliphatic carbocycles. The van der Waals surface area contributed by atoms with Crippen LogP contribution >= 0.6 is 0 Å². The van der Waals surface area contributed by atoms with Gasteiger partial charge < -0.3 is 0 Å². The molecule has 0 N–H and O–H groups in total. The molecule has 0 fully saturated rings. The van der Waals surface area contributed by atoms with Gasteiger partial charge in [0.25, 0.3) is 0 Å². The van der Waals surface area contributed by atoms with E-state index in [0.29, 0.717) is 0 Å². The number of hydrogen-bond acceptors (Lipinski definition) is 2. The molecule has 0 bridgehead atoms. The van der Waals surface area contributed by atoms with Gasteiger partial charge in [-0.25, -0.2) is 9.97 Å². The molecule has 1 aromatic heterocycles. The topological polar surface area (TPSA) is 25.8 Å². The minimum absolute atomic E-state index is 0.0622. The van der Waals surface area contributed by atoms with Gasteiger partial charge in [0.2, 0.25) is 0 Å². The molecular formula is C37H28N2. The molecule has 186 valence electrons. The average Bonchev–Trinajstić information content (AvgIpc) is 3.24. The van der Waals surface area contributed by atoms with Crippen molar-refractivity contribution >= 4 is 0 Å². The number of nitrogens with zero attached hydrogens (tertiary/aromatic N) is 2. The van der Waals surface area contributed by atoms with Crippen molar-refractivity contribution in [1.29, 1.82) is 0 Å². The smallest absolute Gasteiger partial charge is 0.160 e. The molecule has 0 amide bonds. The summed E-state index contributed by atoms with van der Waals surface area (Å²) in [6.45, 7) is 4.63. The predicted molar refractivity (Wildman–Crippen MR) is 161 cm³/mol. The summed E-state index contributed by atoms with van der Waals surface area (Å²) in [5.74, 6) is 0.735. The molecule has 2 nitrogen and oxygen atoms in total. The Labute approximate surface area is 229 Å². The lowest BCUT2D eigenvalue weighted by Gasteiger charge is -2.21. The van der Waals surface area contributed by atoms with Crippen LogP contribution in [0.4, 0.5) is 0 Å². The maximum absolute atomic E-state index is 5.15. The third kappa shape index (κ3) is 3.97. The lowest BCUT2D eigenvalue weighted by molar-refractivity contribution is 0.660. The van der Waals surface area contributed by atoms with Crippen molar-refractivity contribution < 1.29 is 0 Å². The molecule has 0 unspecified atom stereocenters. The summed E-state index contributed by atoms with van der Waals surface area (Å²) in [7, 11) is 0. The van der Waals surface area contributed by atoms with E-state index in [0.717, 1.165) is 33.9 Å². The molecule has 7 rings (SSSR count). The van der Waals surface area contributed by atoms with E-state index in [1.165, 1.54) is 33.4 Å². The number of aromatic nitrogens is 2. The molecule has 1 aliphatic rings. The van der Waals surface area contributed by atoms with Crippen LogP contribution in [0.25, 0.3) is 56.2 Å². The van der Waals surface area contributed by atoms with Crippen molar-refractivity contribution in [3.8, 4) is 56.2 Å². The summed E-state index contributed by atoms with van der Waals surface area (Å²) < 4.78 is 0. The highest BCUT2D eigenvalue weighted by molar-refractivity contribution is 5.92. The molecule has 0 saturated heterocycles. The van der Waals surface area contributed by atoms with Crippen LogP contribution in [0.5, 0.6) is 0 Å². The standard InChI is InChI=1S/C37H28N2/c1-37(2)31-18-10-9-16-29(31)35-30(17-11-19-32(35)37)34-24-33(38-36(39-34)28-14-7-4-8-15-28)27-22-20-26(21-23-27)25-12-5-3-6-13-25/h3-24H,1-2H3. The molecule has 0 saturated carbocycles. The Bertz CT molecular complexity index is 1800. The van der Waals surface area contributed by atoms with E-state index in [1.807, 2.05) is 24.3 Å². The van der Waals surface area contributed by atoms with Crippen molar-refractivity contribution in [3.63, 3.8) is 0 Å². The lowest BCUT2D eigenvalue weighted by atomic mass is 9.82. The lowest BCUT2D eigenvalue weighted by Crippen LogP contribution is -2.14. The maximum atomic E-state index is 5.15. The Hall–Kier alpha value is -4.82. The summed E-state index contributed by atoms with van der Waals surface area (Å²) in [4.78, 5) is 10.2. The quantitative estimate of drug-likeness (QED) is 0.241.